The molecule has 2 bridgehead atoms. The van der Waals surface area contributed by atoms with E-state index >= 15 is 0 Å². The molecule has 3 aliphatic rings. The first-order chi connectivity index (χ1) is 26.9. The van der Waals surface area contributed by atoms with Crippen molar-refractivity contribution in [1.82, 2.24) is 35.6 Å². The number of anilines is 1. The number of hydrogen-bond donors (Lipinski definition) is 4. The fourth-order valence-electron chi connectivity index (χ4n) is 8.46. The van der Waals surface area contributed by atoms with Crippen LogP contribution in [0.4, 0.5) is 5.69 Å². The molecule has 1 unspecified atom stereocenters. The van der Waals surface area contributed by atoms with Crippen LogP contribution in [0, 0.1) is 6.92 Å². The summed E-state index contributed by atoms with van der Waals surface area (Å²) < 4.78 is 7.52. The van der Waals surface area contributed by atoms with Gasteiger partial charge in [-0.1, -0.05) is 43.3 Å². The van der Waals surface area contributed by atoms with Gasteiger partial charge in [0.1, 0.15) is 0 Å². The number of piperazine rings is 1. The molecule has 2 aromatic heterocycles. The van der Waals surface area contributed by atoms with E-state index in [1.807, 2.05) is 10.9 Å². The van der Waals surface area contributed by atoms with Crippen molar-refractivity contribution in [2.75, 3.05) is 31.6 Å². The van der Waals surface area contributed by atoms with Crippen molar-refractivity contribution in [2.24, 2.45) is 0 Å². The third-order valence-electron chi connectivity index (χ3n) is 11.5. The minimum Gasteiger partial charge on any atom is -0.381 e. The molecule has 0 saturated carbocycles. The van der Waals surface area contributed by atoms with Crippen molar-refractivity contribution in [3.05, 3.63) is 112 Å². The number of benzene rings is 3. The molecule has 2 amide bonds. The number of aryl methyl sites for hydroxylation is 3. The van der Waals surface area contributed by atoms with Crippen molar-refractivity contribution < 1.29 is 14.3 Å². The molecule has 5 aromatic rings. The van der Waals surface area contributed by atoms with Gasteiger partial charge in [0.15, 0.2) is 5.65 Å². The zero-order chi connectivity index (χ0) is 37.9. The van der Waals surface area contributed by atoms with Crippen LogP contribution in [0.2, 0.25) is 0 Å². The van der Waals surface area contributed by atoms with Crippen molar-refractivity contribution >= 4 is 28.5 Å². The Labute approximate surface area is 323 Å². The number of ether oxygens (including phenoxy) is 1. The Morgan fingerprint density at radius 3 is 2.44 bits per heavy atom. The predicted molar refractivity (Wildman–Crippen MR) is 216 cm³/mol. The van der Waals surface area contributed by atoms with Crippen LogP contribution in [0.15, 0.2) is 72.9 Å². The van der Waals surface area contributed by atoms with Gasteiger partial charge in [-0.25, -0.2) is 9.67 Å². The highest BCUT2D eigenvalue weighted by molar-refractivity contribution is 6.00. The lowest BCUT2D eigenvalue weighted by molar-refractivity contribution is 0.0904. The van der Waals surface area contributed by atoms with E-state index in [-0.39, 0.29) is 17.9 Å². The average Bonchev–Trinajstić information content (AvgIpc) is 3.97. The minimum atomic E-state index is -0.252. The van der Waals surface area contributed by atoms with Crippen LogP contribution in [-0.4, -0.2) is 75.9 Å². The summed E-state index contributed by atoms with van der Waals surface area (Å²) in [5, 5.41) is 19.1. The van der Waals surface area contributed by atoms with Gasteiger partial charge in [-0.15, -0.1) is 0 Å². The lowest BCUT2D eigenvalue weighted by Gasteiger charge is -2.27. The number of nitrogens with zero attached hydrogens (tertiary/aromatic N) is 4. The second kappa shape index (κ2) is 16.3. The van der Waals surface area contributed by atoms with E-state index in [4.69, 9.17) is 9.72 Å². The van der Waals surface area contributed by atoms with E-state index in [0.29, 0.717) is 42.7 Å². The van der Waals surface area contributed by atoms with Gasteiger partial charge in [0.05, 0.1) is 17.3 Å². The van der Waals surface area contributed by atoms with E-state index in [1.165, 1.54) is 28.7 Å². The summed E-state index contributed by atoms with van der Waals surface area (Å²) >= 11 is 0. The molecule has 4 N–H and O–H groups in total. The zero-order valence-corrected chi connectivity index (χ0v) is 32.2. The summed E-state index contributed by atoms with van der Waals surface area (Å²) in [5.74, 6) is -0.482. The molecular weight excluding hydrogens is 689 g/mol. The van der Waals surface area contributed by atoms with Crippen molar-refractivity contribution in [3.63, 3.8) is 0 Å². The molecule has 11 heteroatoms. The van der Waals surface area contributed by atoms with Gasteiger partial charge >= 0.3 is 0 Å². The van der Waals surface area contributed by atoms with Crippen molar-refractivity contribution in [3.8, 4) is 11.1 Å². The van der Waals surface area contributed by atoms with Gasteiger partial charge in [-0.2, -0.15) is 5.10 Å². The molecule has 0 aliphatic carbocycles. The van der Waals surface area contributed by atoms with Crippen LogP contribution in [-0.2, 0) is 37.3 Å². The van der Waals surface area contributed by atoms with Gasteiger partial charge in [-0.3, -0.25) is 14.5 Å². The van der Waals surface area contributed by atoms with Crippen molar-refractivity contribution in [1.29, 1.82) is 0 Å². The molecule has 55 heavy (non-hydrogen) atoms. The Morgan fingerprint density at radius 2 is 1.71 bits per heavy atom. The van der Waals surface area contributed by atoms with E-state index in [2.05, 4.69) is 94.5 Å². The topological polar surface area (TPSA) is 125 Å². The number of pyridine rings is 1. The Morgan fingerprint density at radius 1 is 0.927 bits per heavy atom. The first-order valence-corrected chi connectivity index (χ1v) is 19.9. The molecule has 5 heterocycles. The summed E-state index contributed by atoms with van der Waals surface area (Å²) in [5.41, 5.74) is 10.4. The standard InChI is InChI=1S/C44H52N8O3/c1-4-40-38(41(49-34-14-16-55-17-15-34)39-25-48-52(5-2)42(39)50-40)24-47-44(54)33-11-7-10-32(20-33)43(53)46-22-29-13-12-28(3)37(19-29)31-9-6-8-30(18-31)26-51-27-35-21-36(51)23-45-35/h6-13,18-20,25,34-36,45H,4-5,14-17,21-24,26-27H2,1-3H3,(H,46,53)(H,47,54)(H,49,50)/t35-,36?/m0/s1. The maximum atomic E-state index is 13.6. The van der Waals surface area contributed by atoms with E-state index in [9.17, 15) is 9.59 Å². The Hall–Kier alpha value is -5.10. The Kier molecular flexibility index (Phi) is 10.9. The lowest BCUT2D eigenvalue weighted by Crippen LogP contribution is -2.42. The summed E-state index contributed by atoms with van der Waals surface area (Å²) in [7, 11) is 0. The molecule has 3 saturated heterocycles. The van der Waals surface area contributed by atoms with E-state index in [1.54, 1.807) is 24.3 Å². The Bertz CT molecular complexity index is 2190. The maximum Gasteiger partial charge on any atom is 0.251 e. The fraction of sp³-hybridized carbons (Fsp3) is 0.409. The molecule has 3 fully saturated rings. The largest absolute Gasteiger partial charge is 0.381 e. The molecule has 8 rings (SSSR count). The number of likely N-dealkylation sites (tertiary alicyclic amines) is 1. The number of carbonyl (C=O) groups excluding carboxylic acids is 2. The number of aromatic nitrogens is 3. The Balaban J connectivity index is 0.932. The van der Waals surface area contributed by atoms with Crippen LogP contribution in [0.25, 0.3) is 22.2 Å². The van der Waals surface area contributed by atoms with E-state index < -0.39 is 0 Å². The molecule has 0 radical (unpaired) electrons. The number of nitrogens with one attached hydrogen (secondary N) is 4. The first-order valence-electron chi connectivity index (χ1n) is 19.9. The second-order valence-corrected chi connectivity index (χ2v) is 15.2. The molecule has 3 aliphatic heterocycles. The number of rotatable bonds is 13. The van der Waals surface area contributed by atoms with Crippen molar-refractivity contribution in [2.45, 2.75) is 90.8 Å². The minimum absolute atomic E-state index is 0.230. The molecule has 0 spiro atoms. The van der Waals surface area contributed by atoms with Crippen LogP contribution in [0.1, 0.15) is 81.8 Å². The summed E-state index contributed by atoms with van der Waals surface area (Å²) in [4.78, 5) is 34.7. The summed E-state index contributed by atoms with van der Waals surface area (Å²) in [6, 6.07) is 23.7. The number of amides is 2. The normalized spacial score (nSPS) is 18.5. The lowest BCUT2D eigenvalue weighted by atomic mass is 9.96. The molecule has 3 aromatic carbocycles. The third-order valence-corrected chi connectivity index (χ3v) is 11.5. The summed E-state index contributed by atoms with van der Waals surface area (Å²) in [6.07, 6.45) is 5.64. The average molecular weight is 741 g/mol. The number of hydrogen-bond acceptors (Lipinski definition) is 8. The summed E-state index contributed by atoms with van der Waals surface area (Å²) in [6.45, 7) is 12.3. The maximum absolute atomic E-state index is 13.6. The highest BCUT2D eigenvalue weighted by Crippen LogP contribution is 2.32. The van der Waals surface area contributed by atoms with Gasteiger partial charge in [0.2, 0.25) is 0 Å². The van der Waals surface area contributed by atoms with Gasteiger partial charge in [0, 0.05) is 93.0 Å². The molecular formula is C44H52N8O3. The highest BCUT2D eigenvalue weighted by atomic mass is 16.5. The quantitative estimate of drug-likeness (QED) is 0.116. The van der Waals surface area contributed by atoms with Crippen LogP contribution in [0.3, 0.4) is 0 Å². The zero-order valence-electron chi connectivity index (χ0n) is 32.2. The molecule has 2 atom stereocenters. The SMILES string of the molecule is CCc1nc2c(cnn2CC)c(NC2CCOCC2)c1CNC(=O)c1cccc(C(=O)NCc2ccc(C)c(-c3cccc(CN4C[C@@H]5CC4CN5)c3)c2)c1. The monoisotopic (exact) mass is 740 g/mol. The number of fused-ring (bicyclic) bond motifs is 3. The van der Waals surface area contributed by atoms with Crippen LogP contribution >= 0.6 is 0 Å². The van der Waals surface area contributed by atoms with Crippen LogP contribution in [0.5, 0.6) is 0 Å². The number of carbonyl (C=O) groups is 2. The molecule has 286 valence electrons. The van der Waals surface area contributed by atoms with Gasteiger partial charge in [0.25, 0.3) is 11.8 Å². The molecule has 11 nitrogen and oxygen atoms in total. The highest BCUT2D eigenvalue weighted by Gasteiger charge is 2.37. The second-order valence-electron chi connectivity index (χ2n) is 15.2. The first kappa shape index (κ1) is 36.9. The van der Waals surface area contributed by atoms with Gasteiger partial charge < -0.3 is 26.0 Å². The fourth-order valence-corrected chi connectivity index (χ4v) is 8.46. The van der Waals surface area contributed by atoms with Crippen LogP contribution < -0.4 is 21.3 Å². The van der Waals surface area contributed by atoms with Gasteiger partial charge in [-0.05, 0) is 97.7 Å². The predicted octanol–water partition coefficient (Wildman–Crippen LogP) is 5.99. The third kappa shape index (κ3) is 8.01. The van der Waals surface area contributed by atoms with E-state index in [0.717, 1.165) is 85.8 Å². The smallest absolute Gasteiger partial charge is 0.251 e.